The number of esters is 1. The Balaban J connectivity index is 1.78. The fraction of sp³-hybridized carbons (Fsp3) is 0.100. The molecule has 1 heterocycles. The van der Waals surface area contributed by atoms with Crippen molar-refractivity contribution in [2.24, 2.45) is 0 Å². The van der Waals surface area contributed by atoms with E-state index < -0.39 is 11.9 Å². The van der Waals surface area contributed by atoms with Crippen LogP contribution in [-0.4, -0.2) is 22.0 Å². The average molecular weight is 378 g/mol. The van der Waals surface area contributed by atoms with Gasteiger partial charge in [-0.1, -0.05) is 30.3 Å². The smallest absolute Gasteiger partial charge is 0.308 e. The molecule has 0 radical (unpaired) electrons. The molecule has 2 amide bonds. The van der Waals surface area contributed by atoms with E-state index in [1.54, 1.807) is 54.6 Å². The van der Waals surface area contributed by atoms with Gasteiger partial charge in [-0.3, -0.25) is 19.3 Å². The molecule has 0 bridgehead atoms. The highest BCUT2D eigenvalue weighted by Crippen LogP contribution is 2.33. The third-order valence-electron chi connectivity index (χ3n) is 3.78. The van der Waals surface area contributed by atoms with Crippen molar-refractivity contribution in [1.82, 2.24) is 4.90 Å². The summed E-state index contributed by atoms with van der Waals surface area (Å²) in [4.78, 5) is 37.2. The molecule has 1 aliphatic heterocycles. The molecule has 0 aromatic heterocycles. The molecule has 1 saturated heterocycles. The molecule has 0 unspecified atom stereocenters. The van der Waals surface area contributed by atoms with Crippen LogP contribution in [0.2, 0.25) is 0 Å². The lowest BCUT2D eigenvalue weighted by molar-refractivity contribution is -0.131. The number of benzene rings is 2. The fourth-order valence-corrected chi connectivity index (χ4v) is 3.36. The molecule has 0 aliphatic carbocycles. The average Bonchev–Trinajstić information content (AvgIpc) is 2.91. The van der Waals surface area contributed by atoms with Gasteiger partial charge in [0.25, 0.3) is 11.1 Å². The number of amides is 2. The van der Waals surface area contributed by atoms with Crippen molar-refractivity contribution in [2.45, 2.75) is 13.5 Å². The van der Waals surface area contributed by atoms with Crippen molar-refractivity contribution in [3.8, 4) is 11.8 Å². The third kappa shape index (κ3) is 4.25. The van der Waals surface area contributed by atoms with Gasteiger partial charge in [-0.25, -0.2) is 0 Å². The minimum absolute atomic E-state index is 0.0527. The summed E-state index contributed by atoms with van der Waals surface area (Å²) in [5, 5.41) is 8.78. The zero-order valence-corrected chi connectivity index (χ0v) is 15.2. The van der Waals surface area contributed by atoms with Gasteiger partial charge in [-0.05, 0) is 47.2 Å². The Kier molecular flexibility index (Phi) is 5.38. The predicted octanol–water partition coefficient (Wildman–Crippen LogP) is 3.72. The Morgan fingerprint density at radius 2 is 1.89 bits per heavy atom. The molecule has 0 saturated carbocycles. The van der Waals surface area contributed by atoms with Crippen LogP contribution in [0, 0.1) is 11.3 Å². The lowest BCUT2D eigenvalue weighted by Crippen LogP contribution is -2.27. The number of thioether (sulfide) groups is 1. The van der Waals surface area contributed by atoms with Crippen molar-refractivity contribution < 1.29 is 19.1 Å². The second kappa shape index (κ2) is 7.89. The second-order valence-corrected chi connectivity index (χ2v) is 6.69. The van der Waals surface area contributed by atoms with Gasteiger partial charge in [0.05, 0.1) is 23.1 Å². The number of rotatable bonds is 4. The summed E-state index contributed by atoms with van der Waals surface area (Å²) >= 11 is 0.854. The van der Waals surface area contributed by atoms with Gasteiger partial charge in [0.2, 0.25) is 0 Å². The van der Waals surface area contributed by atoms with Crippen LogP contribution < -0.4 is 4.74 Å². The summed E-state index contributed by atoms with van der Waals surface area (Å²) in [6, 6.07) is 15.5. The second-order valence-electron chi connectivity index (χ2n) is 5.70. The first kappa shape index (κ1) is 18.4. The monoisotopic (exact) mass is 378 g/mol. The molecule has 1 aliphatic rings. The van der Waals surface area contributed by atoms with E-state index in [0.717, 1.165) is 16.7 Å². The summed E-state index contributed by atoms with van der Waals surface area (Å²) in [7, 11) is 0. The molecular formula is C20H14N2O4S. The fourth-order valence-electron chi connectivity index (χ4n) is 2.52. The quantitative estimate of drug-likeness (QED) is 0.458. The van der Waals surface area contributed by atoms with Gasteiger partial charge in [0.15, 0.2) is 0 Å². The van der Waals surface area contributed by atoms with Crippen molar-refractivity contribution in [3.63, 3.8) is 0 Å². The number of nitriles is 1. The largest absolute Gasteiger partial charge is 0.427 e. The van der Waals surface area contributed by atoms with Gasteiger partial charge in [0.1, 0.15) is 5.75 Å². The number of hydrogen-bond acceptors (Lipinski definition) is 6. The molecule has 0 spiro atoms. The zero-order valence-electron chi connectivity index (χ0n) is 14.3. The molecule has 27 heavy (non-hydrogen) atoms. The molecule has 2 aromatic rings. The highest BCUT2D eigenvalue weighted by atomic mass is 32.2. The Bertz CT molecular complexity index is 990. The van der Waals surface area contributed by atoms with Crippen molar-refractivity contribution >= 4 is 35.0 Å². The number of carbonyl (C=O) groups is 3. The minimum Gasteiger partial charge on any atom is -0.427 e. The van der Waals surface area contributed by atoms with Gasteiger partial charge in [0, 0.05) is 6.92 Å². The maximum Gasteiger partial charge on any atom is 0.308 e. The topological polar surface area (TPSA) is 87.5 Å². The first-order valence-corrected chi connectivity index (χ1v) is 8.81. The van der Waals surface area contributed by atoms with E-state index >= 15 is 0 Å². The van der Waals surface area contributed by atoms with Crippen LogP contribution in [0.4, 0.5) is 4.79 Å². The molecule has 0 N–H and O–H groups in total. The van der Waals surface area contributed by atoms with Crippen LogP contribution in [0.1, 0.15) is 23.6 Å². The summed E-state index contributed by atoms with van der Waals surface area (Å²) in [5.74, 6) is -0.413. The normalized spacial score (nSPS) is 15.1. The van der Waals surface area contributed by atoms with E-state index in [1.807, 2.05) is 0 Å². The SMILES string of the molecule is CC(=O)Oc1ccc(/C=C2/SC(=O)N(Cc3ccccc3C#N)C2=O)cc1. The number of hydrogen-bond donors (Lipinski definition) is 0. The van der Waals surface area contributed by atoms with Gasteiger partial charge in [-0.2, -0.15) is 5.26 Å². The molecule has 1 fully saturated rings. The summed E-state index contributed by atoms with van der Waals surface area (Å²) in [6.45, 7) is 1.37. The van der Waals surface area contributed by atoms with E-state index in [0.29, 0.717) is 27.3 Å². The van der Waals surface area contributed by atoms with Crippen molar-refractivity contribution in [3.05, 3.63) is 70.1 Å². The highest BCUT2D eigenvalue weighted by Gasteiger charge is 2.35. The van der Waals surface area contributed by atoms with Crippen LogP contribution in [0.25, 0.3) is 6.08 Å². The van der Waals surface area contributed by atoms with Crippen LogP contribution in [0.15, 0.2) is 53.4 Å². The Hall–Kier alpha value is -3.37. The van der Waals surface area contributed by atoms with Crippen LogP contribution in [0.5, 0.6) is 5.75 Å². The first-order chi connectivity index (χ1) is 13.0. The van der Waals surface area contributed by atoms with E-state index in [1.165, 1.54) is 6.92 Å². The van der Waals surface area contributed by atoms with E-state index in [4.69, 9.17) is 10.00 Å². The zero-order chi connectivity index (χ0) is 19.4. The predicted molar refractivity (Wildman–Crippen MR) is 100 cm³/mol. The standard InChI is InChI=1S/C20H14N2O4S/c1-13(23)26-17-8-6-14(7-9-17)10-18-19(24)22(20(25)27-18)12-16-5-3-2-4-15(16)11-21/h2-10H,12H2,1H3/b18-10+. The summed E-state index contributed by atoms with van der Waals surface area (Å²) < 4.78 is 4.96. The number of imide groups is 1. The van der Waals surface area contributed by atoms with E-state index in [-0.39, 0.29) is 11.8 Å². The molecule has 2 aromatic carbocycles. The lowest BCUT2D eigenvalue weighted by atomic mass is 10.1. The van der Waals surface area contributed by atoms with Crippen LogP contribution in [0.3, 0.4) is 0 Å². The molecule has 6 nitrogen and oxygen atoms in total. The number of ether oxygens (including phenoxy) is 1. The maximum absolute atomic E-state index is 12.6. The first-order valence-electron chi connectivity index (χ1n) is 8.00. The van der Waals surface area contributed by atoms with Gasteiger partial charge >= 0.3 is 5.97 Å². The summed E-state index contributed by atoms with van der Waals surface area (Å²) in [5.41, 5.74) is 1.75. The number of carbonyl (C=O) groups excluding carboxylic acids is 3. The Labute approximate surface area is 160 Å². The van der Waals surface area contributed by atoms with Crippen LogP contribution in [-0.2, 0) is 16.1 Å². The van der Waals surface area contributed by atoms with Crippen LogP contribution >= 0.6 is 11.8 Å². The summed E-state index contributed by atoms with van der Waals surface area (Å²) in [6.07, 6.45) is 1.61. The van der Waals surface area contributed by atoms with Gasteiger partial charge < -0.3 is 4.74 Å². The molecule has 0 atom stereocenters. The minimum atomic E-state index is -0.415. The van der Waals surface area contributed by atoms with Crippen molar-refractivity contribution in [2.75, 3.05) is 0 Å². The Morgan fingerprint density at radius 3 is 2.56 bits per heavy atom. The molecular weight excluding hydrogens is 364 g/mol. The van der Waals surface area contributed by atoms with Gasteiger partial charge in [-0.15, -0.1) is 0 Å². The van der Waals surface area contributed by atoms with E-state index in [2.05, 4.69) is 6.07 Å². The molecule has 3 rings (SSSR count). The molecule has 7 heteroatoms. The lowest BCUT2D eigenvalue weighted by Gasteiger charge is -2.13. The Morgan fingerprint density at radius 1 is 1.19 bits per heavy atom. The highest BCUT2D eigenvalue weighted by molar-refractivity contribution is 8.18. The van der Waals surface area contributed by atoms with Crippen molar-refractivity contribution in [1.29, 1.82) is 5.26 Å². The maximum atomic E-state index is 12.6. The number of nitrogens with zero attached hydrogens (tertiary/aromatic N) is 2. The molecule has 134 valence electrons. The third-order valence-corrected chi connectivity index (χ3v) is 4.69. The van der Waals surface area contributed by atoms with E-state index in [9.17, 15) is 14.4 Å².